The smallest absolute Gasteiger partial charge is 0.337 e. The molecule has 4 rings (SSSR count). The van der Waals surface area contributed by atoms with Crippen molar-refractivity contribution in [3.05, 3.63) is 92.8 Å². The Hall–Kier alpha value is -4.20. The summed E-state index contributed by atoms with van der Waals surface area (Å²) >= 11 is 0. The second kappa shape index (κ2) is 9.12. The molecule has 0 saturated heterocycles. The number of aromatic nitrogens is 3. The number of pyridine rings is 1. The molecule has 0 saturated carbocycles. The highest BCUT2D eigenvalue weighted by atomic mass is 16.5. The van der Waals surface area contributed by atoms with Gasteiger partial charge in [-0.3, -0.25) is 9.59 Å². The zero-order chi connectivity index (χ0) is 23.5. The van der Waals surface area contributed by atoms with Gasteiger partial charge in [0.05, 0.1) is 18.2 Å². The Morgan fingerprint density at radius 2 is 1.82 bits per heavy atom. The van der Waals surface area contributed by atoms with Gasteiger partial charge in [0.2, 0.25) is 5.91 Å². The van der Waals surface area contributed by atoms with Crippen molar-refractivity contribution in [2.24, 2.45) is 0 Å². The Bertz CT molecular complexity index is 1450. The number of aryl methyl sites for hydroxylation is 2. The molecule has 2 heterocycles. The van der Waals surface area contributed by atoms with Crippen LogP contribution in [0.3, 0.4) is 0 Å². The minimum absolute atomic E-state index is 0.224. The van der Waals surface area contributed by atoms with E-state index in [2.05, 4.69) is 10.3 Å². The molecular formula is C25H24N4O4. The maximum Gasteiger partial charge on any atom is 0.337 e. The summed E-state index contributed by atoms with van der Waals surface area (Å²) in [7, 11) is 1.55. The van der Waals surface area contributed by atoms with E-state index in [4.69, 9.17) is 4.74 Å². The van der Waals surface area contributed by atoms with Crippen molar-refractivity contribution in [1.29, 1.82) is 0 Å². The number of ether oxygens (including phenoxy) is 1. The number of anilines is 1. The molecule has 2 aromatic carbocycles. The Balaban J connectivity index is 1.81. The molecule has 0 aliphatic heterocycles. The number of fused-ring (bicyclic) bond motifs is 1. The van der Waals surface area contributed by atoms with Crippen LogP contribution in [0, 0.1) is 6.92 Å². The highest BCUT2D eigenvalue weighted by Crippen LogP contribution is 2.21. The molecule has 0 bridgehead atoms. The van der Waals surface area contributed by atoms with Gasteiger partial charge in [0, 0.05) is 11.9 Å². The molecule has 0 radical (unpaired) electrons. The number of hydrogen-bond donors (Lipinski definition) is 1. The maximum atomic E-state index is 13.4. The fourth-order valence-corrected chi connectivity index (χ4v) is 3.81. The van der Waals surface area contributed by atoms with Crippen LogP contribution in [0.4, 0.5) is 5.69 Å². The molecule has 168 valence electrons. The number of methoxy groups -OCH3 is 1. The van der Waals surface area contributed by atoms with Gasteiger partial charge in [-0.25, -0.2) is 18.9 Å². The average molecular weight is 444 g/mol. The van der Waals surface area contributed by atoms with Gasteiger partial charge >= 0.3 is 5.69 Å². The van der Waals surface area contributed by atoms with Crippen molar-refractivity contribution in [2.75, 3.05) is 12.4 Å². The predicted molar refractivity (Wildman–Crippen MR) is 127 cm³/mol. The fraction of sp³-hybridized carbons (Fsp3) is 0.200. The van der Waals surface area contributed by atoms with E-state index < -0.39 is 23.7 Å². The van der Waals surface area contributed by atoms with Crippen LogP contribution in [0.25, 0.3) is 16.7 Å². The zero-order valence-electron chi connectivity index (χ0n) is 18.7. The van der Waals surface area contributed by atoms with E-state index in [9.17, 15) is 14.4 Å². The first-order valence-corrected chi connectivity index (χ1v) is 10.6. The number of nitrogens with zero attached hydrogens (tertiary/aromatic N) is 3. The molecule has 0 aliphatic rings. The molecule has 8 nitrogen and oxygen atoms in total. The summed E-state index contributed by atoms with van der Waals surface area (Å²) in [6.07, 6.45) is 2.26. The van der Waals surface area contributed by atoms with Gasteiger partial charge in [0.25, 0.3) is 5.56 Å². The third-order valence-corrected chi connectivity index (χ3v) is 5.53. The van der Waals surface area contributed by atoms with Crippen LogP contribution in [-0.2, 0) is 17.8 Å². The van der Waals surface area contributed by atoms with Crippen LogP contribution in [0.15, 0.2) is 70.4 Å². The molecule has 0 spiro atoms. The van der Waals surface area contributed by atoms with Crippen LogP contribution in [0.1, 0.15) is 18.1 Å². The summed E-state index contributed by atoms with van der Waals surface area (Å²) in [4.78, 5) is 43.7. The predicted octanol–water partition coefficient (Wildman–Crippen LogP) is 3.07. The van der Waals surface area contributed by atoms with Crippen molar-refractivity contribution in [3.63, 3.8) is 0 Å². The standard InChI is InChI=1S/C25H24N4O4/c1-4-17-8-5-7-16(2)22(17)27-21(30)15-28-24(31)20-9-6-14-26-23(20)29(25(28)32)18-10-12-19(33-3)13-11-18/h5-14H,4,15H2,1-3H3,(H,27,30). The van der Waals surface area contributed by atoms with Gasteiger partial charge in [-0.2, -0.15) is 0 Å². The van der Waals surface area contributed by atoms with E-state index in [1.807, 2.05) is 32.0 Å². The number of benzene rings is 2. The topological polar surface area (TPSA) is 95.2 Å². The van der Waals surface area contributed by atoms with E-state index in [0.717, 1.165) is 22.1 Å². The highest BCUT2D eigenvalue weighted by Gasteiger charge is 2.18. The normalized spacial score (nSPS) is 10.9. The number of para-hydroxylation sites is 1. The molecule has 4 aromatic rings. The number of carbonyl (C=O) groups excluding carboxylic acids is 1. The maximum absolute atomic E-state index is 13.4. The Labute approximate surface area is 190 Å². The van der Waals surface area contributed by atoms with Gasteiger partial charge in [0.1, 0.15) is 12.3 Å². The third kappa shape index (κ3) is 4.15. The first-order valence-electron chi connectivity index (χ1n) is 10.6. The molecule has 1 amide bonds. The molecule has 0 aliphatic carbocycles. The van der Waals surface area contributed by atoms with Crippen LogP contribution in [-0.4, -0.2) is 27.1 Å². The van der Waals surface area contributed by atoms with Gasteiger partial charge in [-0.1, -0.05) is 25.1 Å². The van der Waals surface area contributed by atoms with E-state index in [-0.39, 0.29) is 11.0 Å². The monoisotopic (exact) mass is 444 g/mol. The lowest BCUT2D eigenvalue weighted by atomic mass is 10.1. The lowest BCUT2D eigenvalue weighted by Crippen LogP contribution is -2.42. The summed E-state index contributed by atoms with van der Waals surface area (Å²) in [5.41, 5.74) is 2.11. The average Bonchev–Trinajstić information content (AvgIpc) is 2.83. The quantitative estimate of drug-likeness (QED) is 0.493. The van der Waals surface area contributed by atoms with E-state index in [1.54, 1.807) is 43.5 Å². The van der Waals surface area contributed by atoms with Crippen molar-refractivity contribution in [3.8, 4) is 11.4 Å². The van der Waals surface area contributed by atoms with E-state index in [0.29, 0.717) is 17.1 Å². The molecule has 0 atom stereocenters. The van der Waals surface area contributed by atoms with E-state index >= 15 is 0 Å². The number of nitrogens with one attached hydrogen (secondary N) is 1. The fourth-order valence-electron chi connectivity index (χ4n) is 3.81. The first kappa shape index (κ1) is 22.0. The SMILES string of the molecule is CCc1cccc(C)c1NC(=O)Cn1c(=O)c2cccnc2n(-c2ccc(OC)cc2)c1=O. The second-order valence-electron chi connectivity index (χ2n) is 7.59. The Morgan fingerprint density at radius 1 is 1.06 bits per heavy atom. The van der Waals surface area contributed by atoms with Crippen LogP contribution in [0.5, 0.6) is 5.75 Å². The van der Waals surface area contributed by atoms with Gasteiger partial charge in [-0.05, 0) is 60.9 Å². The number of amides is 1. The van der Waals surface area contributed by atoms with Gasteiger partial charge < -0.3 is 10.1 Å². The molecule has 0 fully saturated rings. The van der Waals surface area contributed by atoms with Gasteiger partial charge in [0.15, 0.2) is 5.65 Å². The lowest BCUT2D eigenvalue weighted by Gasteiger charge is -2.15. The molecule has 8 heteroatoms. The number of carbonyl (C=O) groups is 1. The van der Waals surface area contributed by atoms with Crippen molar-refractivity contribution in [1.82, 2.24) is 14.1 Å². The third-order valence-electron chi connectivity index (χ3n) is 5.53. The summed E-state index contributed by atoms with van der Waals surface area (Å²) in [6.45, 7) is 3.48. The van der Waals surface area contributed by atoms with Crippen molar-refractivity contribution in [2.45, 2.75) is 26.8 Å². The van der Waals surface area contributed by atoms with Crippen LogP contribution in [0.2, 0.25) is 0 Å². The summed E-state index contributed by atoms with van der Waals surface area (Å²) < 4.78 is 7.46. The summed E-state index contributed by atoms with van der Waals surface area (Å²) in [5.74, 6) is 0.171. The van der Waals surface area contributed by atoms with Crippen molar-refractivity contribution >= 4 is 22.6 Å². The van der Waals surface area contributed by atoms with Gasteiger partial charge in [-0.15, -0.1) is 0 Å². The van der Waals surface area contributed by atoms with Crippen molar-refractivity contribution < 1.29 is 9.53 Å². The lowest BCUT2D eigenvalue weighted by molar-refractivity contribution is -0.116. The Morgan fingerprint density at radius 3 is 2.52 bits per heavy atom. The first-order chi connectivity index (χ1) is 15.9. The van der Waals surface area contributed by atoms with Crippen LogP contribution >= 0.6 is 0 Å². The zero-order valence-corrected chi connectivity index (χ0v) is 18.7. The number of hydrogen-bond acceptors (Lipinski definition) is 5. The minimum atomic E-state index is -0.646. The molecular weight excluding hydrogens is 420 g/mol. The largest absolute Gasteiger partial charge is 0.497 e. The summed E-state index contributed by atoms with van der Waals surface area (Å²) in [5, 5.41) is 3.12. The minimum Gasteiger partial charge on any atom is -0.497 e. The molecule has 0 unspecified atom stereocenters. The molecule has 33 heavy (non-hydrogen) atoms. The molecule has 1 N–H and O–H groups in total. The Kier molecular flexibility index (Phi) is 6.08. The van der Waals surface area contributed by atoms with Crippen LogP contribution < -0.4 is 21.3 Å². The molecule has 2 aromatic heterocycles. The van der Waals surface area contributed by atoms with E-state index in [1.165, 1.54) is 10.8 Å². The summed E-state index contributed by atoms with van der Waals surface area (Å²) in [6, 6.07) is 15.8. The second-order valence-corrected chi connectivity index (χ2v) is 7.59. The number of rotatable bonds is 6. The highest BCUT2D eigenvalue weighted by molar-refractivity contribution is 5.92.